The Morgan fingerprint density at radius 3 is 1.55 bits per heavy atom. The van der Waals surface area contributed by atoms with Crippen molar-refractivity contribution in [1.29, 1.82) is 0 Å². The summed E-state index contributed by atoms with van der Waals surface area (Å²) in [5.74, 6) is -0.548. The molecule has 0 N–H and O–H groups in total. The molecule has 0 saturated carbocycles. The van der Waals surface area contributed by atoms with Crippen LogP contribution in [0.5, 0.6) is 11.5 Å². The molecule has 0 bridgehead atoms. The number of benzene rings is 3. The Kier molecular flexibility index (Phi) is 19.0. The fraction of sp³-hybridized carbons (Fsp3) is 0.558. The lowest BCUT2D eigenvalue weighted by Crippen LogP contribution is -2.23. The SMILES string of the molecule is CCCCCCCCCCCCCCCCOc1ccc(-c2ccc(C(=O)Oc3ccc(CCC(CCCC)C(F)(F)F)cc3)cc2)cc1. The summed E-state index contributed by atoms with van der Waals surface area (Å²) >= 11 is 0. The van der Waals surface area contributed by atoms with Crippen LogP contribution in [0.15, 0.2) is 72.8 Å². The van der Waals surface area contributed by atoms with Crippen LogP contribution >= 0.6 is 0 Å². The van der Waals surface area contributed by atoms with Crippen molar-refractivity contribution in [3.8, 4) is 22.6 Å². The molecule has 49 heavy (non-hydrogen) atoms. The summed E-state index contributed by atoms with van der Waals surface area (Å²) in [6.07, 6.45) is 16.5. The minimum absolute atomic E-state index is 0.0598. The summed E-state index contributed by atoms with van der Waals surface area (Å²) < 4.78 is 51.5. The third kappa shape index (κ3) is 16.3. The molecule has 3 aromatic rings. The molecule has 3 rings (SSSR count). The van der Waals surface area contributed by atoms with E-state index in [9.17, 15) is 18.0 Å². The zero-order chi connectivity index (χ0) is 35.2. The number of hydrogen-bond acceptors (Lipinski definition) is 3. The van der Waals surface area contributed by atoms with E-state index in [0.29, 0.717) is 24.2 Å². The number of carbonyl (C=O) groups excluding carboxylic acids is 1. The first kappa shape index (κ1) is 40.2. The molecule has 0 amide bonds. The average molecular weight is 681 g/mol. The topological polar surface area (TPSA) is 35.5 Å². The predicted molar refractivity (Wildman–Crippen MR) is 196 cm³/mol. The highest BCUT2D eigenvalue weighted by Gasteiger charge is 2.38. The highest BCUT2D eigenvalue weighted by molar-refractivity contribution is 5.91. The van der Waals surface area contributed by atoms with E-state index in [-0.39, 0.29) is 12.8 Å². The minimum Gasteiger partial charge on any atom is -0.494 e. The zero-order valence-corrected chi connectivity index (χ0v) is 30.0. The van der Waals surface area contributed by atoms with Crippen LogP contribution < -0.4 is 9.47 Å². The number of rotatable bonds is 25. The van der Waals surface area contributed by atoms with Crippen LogP contribution in [0.2, 0.25) is 0 Å². The Labute approximate surface area is 294 Å². The first-order valence-corrected chi connectivity index (χ1v) is 19.0. The van der Waals surface area contributed by atoms with Crippen LogP contribution in [-0.2, 0) is 6.42 Å². The van der Waals surface area contributed by atoms with Gasteiger partial charge in [-0.05, 0) is 78.8 Å². The first-order chi connectivity index (χ1) is 23.8. The fourth-order valence-electron chi connectivity index (χ4n) is 6.18. The van der Waals surface area contributed by atoms with Crippen LogP contribution in [0, 0.1) is 5.92 Å². The molecule has 0 radical (unpaired) electrons. The molecule has 1 unspecified atom stereocenters. The second-order valence-corrected chi connectivity index (χ2v) is 13.5. The van der Waals surface area contributed by atoms with Gasteiger partial charge in [-0.3, -0.25) is 0 Å². The van der Waals surface area contributed by atoms with Crippen molar-refractivity contribution in [3.63, 3.8) is 0 Å². The molecule has 0 spiro atoms. The maximum absolute atomic E-state index is 13.3. The fourth-order valence-corrected chi connectivity index (χ4v) is 6.18. The summed E-state index contributed by atoms with van der Waals surface area (Å²) in [6, 6.07) is 22.0. The molecule has 0 aliphatic carbocycles. The van der Waals surface area contributed by atoms with Crippen molar-refractivity contribution in [2.75, 3.05) is 6.61 Å². The largest absolute Gasteiger partial charge is 0.494 e. The second-order valence-electron chi connectivity index (χ2n) is 13.5. The summed E-state index contributed by atoms with van der Waals surface area (Å²) in [5.41, 5.74) is 3.23. The number of unbranched alkanes of at least 4 members (excludes halogenated alkanes) is 14. The van der Waals surface area contributed by atoms with E-state index in [4.69, 9.17) is 9.47 Å². The molecule has 3 aromatic carbocycles. The molecule has 0 aliphatic rings. The highest BCUT2D eigenvalue weighted by Crippen LogP contribution is 2.34. The van der Waals surface area contributed by atoms with Gasteiger partial charge < -0.3 is 9.47 Å². The third-order valence-electron chi connectivity index (χ3n) is 9.36. The Hall–Kier alpha value is -3.28. The number of aryl methyl sites for hydroxylation is 1. The lowest BCUT2D eigenvalue weighted by atomic mass is 9.94. The number of ether oxygens (including phenoxy) is 2. The van der Waals surface area contributed by atoms with Crippen molar-refractivity contribution in [2.45, 2.75) is 142 Å². The smallest absolute Gasteiger partial charge is 0.391 e. The van der Waals surface area contributed by atoms with Gasteiger partial charge in [-0.2, -0.15) is 13.2 Å². The molecule has 6 heteroatoms. The van der Waals surface area contributed by atoms with Crippen LogP contribution in [-0.4, -0.2) is 18.8 Å². The van der Waals surface area contributed by atoms with Gasteiger partial charge in [-0.25, -0.2) is 4.79 Å². The Balaban J connectivity index is 1.31. The quantitative estimate of drug-likeness (QED) is 0.0508. The van der Waals surface area contributed by atoms with Gasteiger partial charge in [0.2, 0.25) is 0 Å². The summed E-state index contributed by atoms with van der Waals surface area (Å²) in [5, 5.41) is 0. The van der Waals surface area contributed by atoms with E-state index in [1.165, 1.54) is 83.5 Å². The van der Waals surface area contributed by atoms with E-state index >= 15 is 0 Å². The van der Waals surface area contributed by atoms with Crippen molar-refractivity contribution in [3.05, 3.63) is 83.9 Å². The Morgan fingerprint density at radius 2 is 1.04 bits per heavy atom. The summed E-state index contributed by atoms with van der Waals surface area (Å²) in [6.45, 7) is 4.90. The number of halogens is 3. The second kappa shape index (κ2) is 23.2. The predicted octanol–water partition coefficient (Wildman–Crippen LogP) is 13.7. The maximum Gasteiger partial charge on any atom is 0.391 e. The van der Waals surface area contributed by atoms with Gasteiger partial charge in [0.15, 0.2) is 0 Å². The van der Waals surface area contributed by atoms with Crippen molar-refractivity contribution in [1.82, 2.24) is 0 Å². The summed E-state index contributed by atoms with van der Waals surface area (Å²) in [4.78, 5) is 12.7. The molecule has 0 heterocycles. The molecule has 3 nitrogen and oxygen atoms in total. The molecule has 1 atom stereocenters. The van der Waals surface area contributed by atoms with E-state index in [0.717, 1.165) is 41.9 Å². The number of carbonyl (C=O) groups is 1. The van der Waals surface area contributed by atoms with Crippen LogP contribution in [0.4, 0.5) is 13.2 Å². The number of hydrogen-bond donors (Lipinski definition) is 0. The van der Waals surface area contributed by atoms with Crippen LogP contribution in [0.1, 0.15) is 145 Å². The molecular weight excluding hydrogens is 621 g/mol. The minimum atomic E-state index is -4.18. The van der Waals surface area contributed by atoms with Gasteiger partial charge in [-0.1, -0.05) is 147 Å². The van der Waals surface area contributed by atoms with E-state index in [1.807, 2.05) is 43.3 Å². The van der Waals surface area contributed by atoms with Crippen molar-refractivity contribution < 1.29 is 27.4 Å². The monoisotopic (exact) mass is 680 g/mol. The number of alkyl halides is 3. The zero-order valence-electron chi connectivity index (χ0n) is 30.0. The molecule has 0 aromatic heterocycles. The van der Waals surface area contributed by atoms with E-state index in [2.05, 4.69) is 6.92 Å². The maximum atomic E-state index is 13.3. The lowest BCUT2D eigenvalue weighted by molar-refractivity contribution is -0.178. The molecule has 0 aliphatic heterocycles. The highest BCUT2D eigenvalue weighted by atomic mass is 19.4. The lowest BCUT2D eigenvalue weighted by Gasteiger charge is -2.20. The van der Waals surface area contributed by atoms with Gasteiger partial charge in [0.25, 0.3) is 0 Å². The van der Waals surface area contributed by atoms with Crippen molar-refractivity contribution in [2.24, 2.45) is 5.92 Å². The first-order valence-electron chi connectivity index (χ1n) is 19.0. The van der Waals surface area contributed by atoms with Crippen LogP contribution in [0.3, 0.4) is 0 Å². The third-order valence-corrected chi connectivity index (χ3v) is 9.36. The molecule has 270 valence electrons. The molecule has 0 saturated heterocycles. The number of esters is 1. The molecular formula is C43H59F3O3. The summed E-state index contributed by atoms with van der Waals surface area (Å²) in [7, 11) is 0. The van der Waals surface area contributed by atoms with Gasteiger partial charge in [0, 0.05) is 0 Å². The van der Waals surface area contributed by atoms with Gasteiger partial charge in [-0.15, -0.1) is 0 Å². The van der Waals surface area contributed by atoms with Gasteiger partial charge in [0.1, 0.15) is 11.5 Å². The standard InChI is InChI=1S/C43H59F3O3/c1-3-5-7-8-9-10-11-12-13-14-15-16-17-18-34-48-40-32-27-37(28-33-40)36-23-25-38(26-24-36)42(47)49-41-30-21-35(22-31-41)20-29-39(19-6-4-2)43(44,45)46/h21-28,30-33,39H,3-20,29,34H2,1-2H3. The van der Waals surface area contributed by atoms with E-state index in [1.54, 1.807) is 36.4 Å². The average Bonchev–Trinajstić information content (AvgIpc) is 3.10. The Bertz CT molecular complexity index is 1280. The van der Waals surface area contributed by atoms with Crippen molar-refractivity contribution >= 4 is 5.97 Å². The van der Waals surface area contributed by atoms with E-state index < -0.39 is 18.1 Å². The van der Waals surface area contributed by atoms with Crippen LogP contribution in [0.25, 0.3) is 11.1 Å². The van der Waals surface area contributed by atoms with Gasteiger partial charge in [0.05, 0.1) is 18.1 Å². The Morgan fingerprint density at radius 1 is 0.571 bits per heavy atom. The normalized spacial score (nSPS) is 12.2. The van der Waals surface area contributed by atoms with Gasteiger partial charge >= 0.3 is 12.1 Å². The molecule has 0 fully saturated rings.